The Labute approximate surface area is 229 Å². The molecule has 0 spiro atoms. The summed E-state index contributed by atoms with van der Waals surface area (Å²) in [5.41, 5.74) is 0.738. The minimum Gasteiger partial charge on any atom is -0.360 e. The maximum atomic E-state index is 13.5. The Balaban J connectivity index is 2.12. The highest BCUT2D eigenvalue weighted by Crippen LogP contribution is 2.42. The zero-order valence-electron chi connectivity index (χ0n) is 22.5. The lowest BCUT2D eigenvalue weighted by molar-refractivity contribution is -0.139. The second kappa shape index (κ2) is 11.6. The molecule has 3 aromatic rings. The molecule has 3 rings (SSSR count). The van der Waals surface area contributed by atoms with Crippen molar-refractivity contribution in [3.05, 3.63) is 65.3 Å². The molecular formula is C27H36ClF3N2O3SSi. The van der Waals surface area contributed by atoms with E-state index >= 15 is 0 Å². The molecule has 1 atom stereocenters. The summed E-state index contributed by atoms with van der Waals surface area (Å²) in [6.07, 6.45) is -2.23. The number of hydrogen-bond acceptors (Lipinski definition) is 3. The molecule has 2 aromatic carbocycles. The lowest BCUT2D eigenvalue weighted by atomic mass is 9.82. The fourth-order valence-corrected chi connectivity index (χ4v) is 6.34. The van der Waals surface area contributed by atoms with E-state index in [1.165, 1.54) is 4.31 Å². The Hall–Kier alpha value is -2.01. The van der Waals surface area contributed by atoms with Gasteiger partial charge in [-0.2, -0.15) is 13.2 Å². The van der Waals surface area contributed by atoms with Crippen LogP contribution in [-0.4, -0.2) is 46.8 Å². The Bertz CT molecular complexity index is 1340. The zero-order valence-corrected chi connectivity index (χ0v) is 25.1. The van der Waals surface area contributed by atoms with Gasteiger partial charge in [-0.25, -0.2) is 12.7 Å². The Morgan fingerprint density at radius 3 is 2.24 bits per heavy atom. The monoisotopic (exact) mass is 588 g/mol. The maximum absolute atomic E-state index is 13.5. The summed E-state index contributed by atoms with van der Waals surface area (Å²) in [5, 5.41) is 1.11. The number of hydrogen-bond donors (Lipinski definition) is 0. The fourth-order valence-electron chi connectivity index (χ4n) is 4.68. The number of nitrogens with zero attached hydrogens (tertiary/aromatic N) is 2. The molecule has 0 aliphatic rings. The first kappa shape index (κ1) is 30.5. The van der Waals surface area contributed by atoms with Crippen LogP contribution in [0.25, 0.3) is 10.9 Å². The van der Waals surface area contributed by atoms with Crippen molar-refractivity contribution in [1.29, 1.82) is 0 Å². The molecule has 38 heavy (non-hydrogen) atoms. The van der Waals surface area contributed by atoms with Crippen molar-refractivity contribution in [3.63, 3.8) is 0 Å². The van der Waals surface area contributed by atoms with E-state index in [1.54, 1.807) is 54.7 Å². The number of ether oxygens (including phenoxy) is 1. The van der Waals surface area contributed by atoms with Crippen LogP contribution in [0.4, 0.5) is 18.9 Å². The third-order valence-electron chi connectivity index (χ3n) is 6.83. The average Bonchev–Trinajstić information content (AvgIpc) is 3.24. The van der Waals surface area contributed by atoms with E-state index in [1.807, 2.05) is 11.5 Å². The van der Waals surface area contributed by atoms with Crippen LogP contribution in [-0.2, 0) is 20.3 Å². The van der Waals surface area contributed by atoms with E-state index in [4.69, 9.17) is 16.3 Å². The molecule has 11 heteroatoms. The summed E-state index contributed by atoms with van der Waals surface area (Å²) in [6.45, 7) is 8.81. The second-order valence-corrected chi connectivity index (χ2v) is 18.8. The molecule has 0 N–H and O–H groups in total. The van der Waals surface area contributed by atoms with Crippen LogP contribution in [0, 0.1) is 0 Å². The molecule has 0 aliphatic carbocycles. The summed E-state index contributed by atoms with van der Waals surface area (Å²) in [4.78, 5) is 0. The van der Waals surface area contributed by atoms with Gasteiger partial charge in [-0.15, -0.1) is 0 Å². The highest BCUT2D eigenvalue weighted by atomic mass is 35.5. The Morgan fingerprint density at radius 1 is 1.03 bits per heavy atom. The van der Waals surface area contributed by atoms with Gasteiger partial charge in [0.15, 0.2) is 0 Å². The van der Waals surface area contributed by atoms with Crippen LogP contribution in [0.3, 0.4) is 0 Å². The number of anilines is 1. The molecular weight excluding hydrogens is 553 g/mol. The number of benzene rings is 2. The third kappa shape index (κ3) is 7.34. The van der Waals surface area contributed by atoms with Crippen molar-refractivity contribution in [2.24, 2.45) is 0 Å². The lowest BCUT2D eigenvalue weighted by Gasteiger charge is -2.37. The normalized spacial score (nSPS) is 14.6. The second-order valence-electron chi connectivity index (χ2n) is 10.9. The van der Waals surface area contributed by atoms with Crippen LogP contribution in [0.5, 0.6) is 0 Å². The van der Waals surface area contributed by atoms with Gasteiger partial charge >= 0.3 is 6.18 Å². The zero-order chi connectivity index (χ0) is 28.4. The quantitative estimate of drug-likeness (QED) is 0.123. The van der Waals surface area contributed by atoms with Crippen LogP contribution in [0.1, 0.15) is 31.7 Å². The van der Waals surface area contributed by atoms with Crippen LogP contribution in [0.15, 0.2) is 54.7 Å². The first-order chi connectivity index (χ1) is 17.6. The minimum atomic E-state index is -4.33. The van der Waals surface area contributed by atoms with E-state index in [9.17, 15) is 21.6 Å². The molecule has 1 heterocycles. The van der Waals surface area contributed by atoms with Crippen molar-refractivity contribution in [2.45, 2.75) is 63.6 Å². The summed E-state index contributed by atoms with van der Waals surface area (Å²) in [7, 11) is -5.06. The SMILES string of the molecule is CCC(CCC(F)(F)F)(c1ccc(Cl)cc1)n1ccc2c(N(COCC[Si](C)(C)C)S(C)(=O)=O)cccc21. The van der Waals surface area contributed by atoms with Crippen LogP contribution < -0.4 is 4.31 Å². The molecule has 0 bridgehead atoms. The number of halogens is 4. The highest BCUT2D eigenvalue weighted by molar-refractivity contribution is 7.92. The lowest BCUT2D eigenvalue weighted by Crippen LogP contribution is -2.35. The van der Waals surface area contributed by atoms with Gasteiger partial charge in [-0.3, -0.25) is 0 Å². The number of fused-ring (bicyclic) bond motifs is 1. The number of alkyl halides is 3. The van der Waals surface area contributed by atoms with Crippen molar-refractivity contribution >= 4 is 46.3 Å². The van der Waals surface area contributed by atoms with Gasteiger partial charge in [0, 0.05) is 37.7 Å². The minimum absolute atomic E-state index is 0.141. The molecule has 0 saturated carbocycles. The van der Waals surface area contributed by atoms with E-state index in [2.05, 4.69) is 19.6 Å². The van der Waals surface area contributed by atoms with E-state index < -0.39 is 36.2 Å². The number of aromatic nitrogens is 1. The van der Waals surface area contributed by atoms with Crippen molar-refractivity contribution in [1.82, 2.24) is 4.57 Å². The molecule has 1 unspecified atom stereocenters. The van der Waals surface area contributed by atoms with Gasteiger partial charge in [0.2, 0.25) is 10.0 Å². The fraction of sp³-hybridized carbons (Fsp3) is 0.481. The molecule has 0 saturated heterocycles. The van der Waals surface area contributed by atoms with Crippen LogP contribution in [0.2, 0.25) is 30.7 Å². The first-order valence-electron chi connectivity index (χ1n) is 12.6. The predicted octanol–water partition coefficient (Wildman–Crippen LogP) is 7.87. The predicted molar refractivity (Wildman–Crippen MR) is 152 cm³/mol. The molecule has 0 aliphatic heterocycles. The number of sulfonamides is 1. The molecule has 5 nitrogen and oxygen atoms in total. The molecule has 1 aromatic heterocycles. The van der Waals surface area contributed by atoms with Gasteiger partial charge < -0.3 is 9.30 Å². The summed E-state index contributed by atoms with van der Waals surface area (Å²) >= 11 is 6.09. The summed E-state index contributed by atoms with van der Waals surface area (Å²) in [5.74, 6) is 0. The summed E-state index contributed by atoms with van der Waals surface area (Å²) in [6, 6.07) is 14.7. The van der Waals surface area contributed by atoms with Gasteiger partial charge in [0.1, 0.15) is 6.73 Å². The maximum Gasteiger partial charge on any atom is 0.389 e. The topological polar surface area (TPSA) is 51.5 Å². The van der Waals surface area contributed by atoms with Gasteiger partial charge in [0.25, 0.3) is 0 Å². The van der Waals surface area contributed by atoms with E-state index in [-0.39, 0.29) is 13.2 Å². The average molecular weight is 589 g/mol. The van der Waals surface area contributed by atoms with Crippen molar-refractivity contribution in [2.75, 3.05) is 23.9 Å². The first-order valence-corrected chi connectivity index (χ1v) is 18.5. The number of rotatable bonds is 12. The Morgan fingerprint density at radius 2 is 1.68 bits per heavy atom. The van der Waals surface area contributed by atoms with Crippen molar-refractivity contribution in [3.8, 4) is 0 Å². The molecule has 0 radical (unpaired) electrons. The van der Waals surface area contributed by atoms with Gasteiger partial charge in [0.05, 0.1) is 23.0 Å². The van der Waals surface area contributed by atoms with Crippen molar-refractivity contribution < 1.29 is 26.3 Å². The Kier molecular flexibility index (Phi) is 9.33. The van der Waals surface area contributed by atoms with Gasteiger partial charge in [-0.1, -0.05) is 56.4 Å². The van der Waals surface area contributed by atoms with E-state index in [0.717, 1.165) is 12.3 Å². The van der Waals surface area contributed by atoms with Gasteiger partial charge in [-0.05, 0) is 54.8 Å². The van der Waals surface area contributed by atoms with E-state index in [0.29, 0.717) is 40.2 Å². The molecule has 210 valence electrons. The molecule has 0 amide bonds. The highest BCUT2D eigenvalue weighted by Gasteiger charge is 2.38. The summed E-state index contributed by atoms with van der Waals surface area (Å²) < 4.78 is 74.9. The standard InChI is InChI=1S/C27H36ClF3N2O3SSi/c1-6-26(15-16-27(29,30)31,21-10-12-22(28)13-11-21)32-17-14-23-24(32)8-7-9-25(23)33(37(2,34)35)20-36-18-19-38(3,4)5/h7-14,17H,6,15-16,18-20H2,1-5H3. The third-order valence-corrected chi connectivity index (χ3v) is 9.89. The largest absolute Gasteiger partial charge is 0.389 e. The smallest absolute Gasteiger partial charge is 0.360 e. The molecule has 0 fully saturated rings. The van der Waals surface area contributed by atoms with Crippen LogP contribution >= 0.6 is 11.6 Å².